The van der Waals surface area contributed by atoms with Gasteiger partial charge in [-0.05, 0) is 23.6 Å². The van der Waals surface area contributed by atoms with Crippen LogP contribution >= 0.6 is 0 Å². The summed E-state index contributed by atoms with van der Waals surface area (Å²) < 4.78 is 0. The first kappa shape index (κ1) is 8.88. The summed E-state index contributed by atoms with van der Waals surface area (Å²) in [6, 6.07) is 5.40. The fraction of sp³-hybridized carbons (Fsp3) is 0.167. The SMILES string of the molecule is C=C1CC(=O)C(=O)c2cccc(C)c21. The lowest BCUT2D eigenvalue weighted by molar-refractivity contribution is -0.114. The molecule has 14 heavy (non-hydrogen) atoms. The lowest BCUT2D eigenvalue weighted by atomic mass is 9.84. The highest BCUT2D eigenvalue weighted by Gasteiger charge is 2.27. The van der Waals surface area contributed by atoms with E-state index in [1.807, 2.05) is 13.0 Å². The van der Waals surface area contributed by atoms with Crippen molar-refractivity contribution in [3.63, 3.8) is 0 Å². The Morgan fingerprint density at radius 3 is 2.71 bits per heavy atom. The summed E-state index contributed by atoms with van der Waals surface area (Å²) in [4.78, 5) is 22.8. The number of aryl methyl sites for hydroxylation is 1. The zero-order valence-corrected chi connectivity index (χ0v) is 7.96. The molecular formula is C12H10O2. The molecule has 2 nitrogen and oxygen atoms in total. The first-order chi connectivity index (χ1) is 6.61. The molecule has 0 saturated heterocycles. The summed E-state index contributed by atoms with van der Waals surface area (Å²) >= 11 is 0. The molecule has 0 spiro atoms. The number of carbonyl (C=O) groups is 2. The van der Waals surface area contributed by atoms with Gasteiger partial charge in [0.25, 0.3) is 0 Å². The summed E-state index contributed by atoms with van der Waals surface area (Å²) in [6.45, 7) is 5.75. The standard InChI is InChI=1S/C12H10O2/c1-7-4-3-5-9-11(7)8(2)6-10(13)12(9)14/h3-5H,2,6H2,1H3. The van der Waals surface area contributed by atoms with Crippen LogP contribution in [0, 0.1) is 6.92 Å². The van der Waals surface area contributed by atoms with Crippen LogP contribution in [0.25, 0.3) is 5.57 Å². The lowest BCUT2D eigenvalue weighted by Gasteiger charge is -2.17. The van der Waals surface area contributed by atoms with E-state index in [9.17, 15) is 9.59 Å². The van der Waals surface area contributed by atoms with Gasteiger partial charge >= 0.3 is 0 Å². The Balaban J connectivity index is 2.73. The molecule has 1 aromatic rings. The summed E-state index contributed by atoms with van der Waals surface area (Å²) in [5, 5.41) is 0. The molecule has 70 valence electrons. The Kier molecular flexibility index (Phi) is 1.84. The third kappa shape index (κ3) is 1.11. The maximum atomic E-state index is 11.5. The minimum Gasteiger partial charge on any atom is -0.290 e. The minimum absolute atomic E-state index is 0.163. The first-order valence-corrected chi connectivity index (χ1v) is 4.46. The largest absolute Gasteiger partial charge is 0.290 e. The highest BCUT2D eigenvalue weighted by atomic mass is 16.2. The van der Waals surface area contributed by atoms with Crippen LogP contribution in [0.3, 0.4) is 0 Å². The Hall–Kier alpha value is -1.70. The fourth-order valence-corrected chi connectivity index (χ4v) is 1.84. The number of benzene rings is 1. The van der Waals surface area contributed by atoms with E-state index >= 15 is 0 Å². The summed E-state index contributed by atoms with van der Waals surface area (Å²) in [5.41, 5.74) is 3.12. The number of carbonyl (C=O) groups excluding carboxylic acids is 2. The van der Waals surface area contributed by atoms with Crippen LogP contribution in [0.2, 0.25) is 0 Å². The molecule has 0 heterocycles. The smallest absolute Gasteiger partial charge is 0.229 e. The molecule has 2 heteroatoms. The predicted molar refractivity (Wildman–Crippen MR) is 54.2 cm³/mol. The molecule has 1 aliphatic carbocycles. The van der Waals surface area contributed by atoms with Crippen molar-refractivity contribution in [1.82, 2.24) is 0 Å². The van der Waals surface area contributed by atoms with Crippen molar-refractivity contribution < 1.29 is 9.59 Å². The zero-order chi connectivity index (χ0) is 10.3. The van der Waals surface area contributed by atoms with Crippen molar-refractivity contribution in [2.24, 2.45) is 0 Å². The Morgan fingerprint density at radius 2 is 2.00 bits per heavy atom. The summed E-state index contributed by atoms with van der Waals surface area (Å²) in [6.07, 6.45) is 0.163. The van der Waals surface area contributed by atoms with Gasteiger partial charge in [-0.1, -0.05) is 24.8 Å². The molecule has 0 aromatic heterocycles. The Morgan fingerprint density at radius 1 is 1.29 bits per heavy atom. The number of ketones is 2. The second-order valence-corrected chi connectivity index (χ2v) is 3.53. The van der Waals surface area contributed by atoms with Gasteiger partial charge in [-0.2, -0.15) is 0 Å². The zero-order valence-electron chi connectivity index (χ0n) is 7.96. The molecule has 0 atom stereocenters. The highest BCUT2D eigenvalue weighted by molar-refractivity contribution is 6.47. The maximum Gasteiger partial charge on any atom is 0.229 e. The van der Waals surface area contributed by atoms with E-state index in [0.717, 1.165) is 16.7 Å². The minimum atomic E-state index is -0.379. The fourth-order valence-electron chi connectivity index (χ4n) is 1.84. The van der Waals surface area contributed by atoms with E-state index < -0.39 is 0 Å². The van der Waals surface area contributed by atoms with Crippen LogP contribution in [0.5, 0.6) is 0 Å². The average molecular weight is 186 g/mol. The first-order valence-electron chi connectivity index (χ1n) is 4.46. The van der Waals surface area contributed by atoms with Gasteiger partial charge in [0.1, 0.15) is 0 Å². The number of Topliss-reactive ketones (excluding diaryl/α,β-unsaturated/α-hetero) is 2. The molecule has 0 fully saturated rings. The van der Waals surface area contributed by atoms with Crippen LogP contribution in [0.4, 0.5) is 0 Å². The van der Waals surface area contributed by atoms with Crippen LogP contribution in [0.1, 0.15) is 27.9 Å². The van der Waals surface area contributed by atoms with Crippen LogP contribution < -0.4 is 0 Å². The normalized spacial score (nSPS) is 15.6. The molecule has 2 rings (SSSR count). The number of hydrogen-bond acceptors (Lipinski definition) is 2. The average Bonchev–Trinajstić information content (AvgIpc) is 2.14. The topological polar surface area (TPSA) is 34.1 Å². The number of allylic oxidation sites excluding steroid dienone is 1. The third-order valence-corrected chi connectivity index (χ3v) is 2.50. The monoisotopic (exact) mass is 186 g/mol. The molecular weight excluding hydrogens is 176 g/mol. The van der Waals surface area contributed by atoms with Crippen molar-refractivity contribution in [2.75, 3.05) is 0 Å². The Labute approximate surface area is 82.2 Å². The van der Waals surface area contributed by atoms with Crippen molar-refractivity contribution in [1.29, 1.82) is 0 Å². The maximum absolute atomic E-state index is 11.5. The van der Waals surface area contributed by atoms with Crippen molar-refractivity contribution in [3.05, 3.63) is 41.5 Å². The molecule has 0 unspecified atom stereocenters. The number of hydrogen-bond donors (Lipinski definition) is 0. The quantitative estimate of drug-likeness (QED) is 0.582. The van der Waals surface area contributed by atoms with E-state index in [1.165, 1.54) is 0 Å². The second-order valence-electron chi connectivity index (χ2n) is 3.53. The van der Waals surface area contributed by atoms with E-state index in [-0.39, 0.29) is 18.0 Å². The van der Waals surface area contributed by atoms with Crippen molar-refractivity contribution >= 4 is 17.1 Å². The van der Waals surface area contributed by atoms with Crippen LogP contribution in [0.15, 0.2) is 24.8 Å². The van der Waals surface area contributed by atoms with E-state index in [0.29, 0.717) is 5.56 Å². The highest BCUT2D eigenvalue weighted by Crippen LogP contribution is 2.29. The molecule has 0 aliphatic heterocycles. The van der Waals surface area contributed by atoms with Gasteiger partial charge in [-0.15, -0.1) is 0 Å². The van der Waals surface area contributed by atoms with Gasteiger partial charge in [-0.3, -0.25) is 9.59 Å². The third-order valence-electron chi connectivity index (χ3n) is 2.50. The van der Waals surface area contributed by atoms with Gasteiger partial charge in [-0.25, -0.2) is 0 Å². The van der Waals surface area contributed by atoms with Crippen molar-refractivity contribution in [3.8, 4) is 0 Å². The van der Waals surface area contributed by atoms with E-state index in [4.69, 9.17) is 0 Å². The van der Waals surface area contributed by atoms with Crippen LogP contribution in [-0.4, -0.2) is 11.6 Å². The molecule has 0 N–H and O–H groups in total. The number of rotatable bonds is 0. The molecule has 0 radical (unpaired) electrons. The van der Waals surface area contributed by atoms with Gasteiger partial charge in [0.05, 0.1) is 0 Å². The van der Waals surface area contributed by atoms with Gasteiger partial charge in [0, 0.05) is 12.0 Å². The van der Waals surface area contributed by atoms with E-state index in [1.54, 1.807) is 12.1 Å². The van der Waals surface area contributed by atoms with Gasteiger partial charge in [0.2, 0.25) is 11.6 Å². The number of fused-ring (bicyclic) bond motifs is 1. The van der Waals surface area contributed by atoms with Crippen LogP contribution in [-0.2, 0) is 4.79 Å². The molecule has 0 bridgehead atoms. The summed E-state index contributed by atoms with van der Waals surface area (Å²) in [7, 11) is 0. The Bertz CT molecular complexity index is 455. The van der Waals surface area contributed by atoms with Crippen molar-refractivity contribution in [2.45, 2.75) is 13.3 Å². The molecule has 0 saturated carbocycles. The molecule has 1 aliphatic rings. The van der Waals surface area contributed by atoms with Gasteiger partial charge < -0.3 is 0 Å². The lowest BCUT2D eigenvalue weighted by Crippen LogP contribution is -2.21. The van der Waals surface area contributed by atoms with E-state index in [2.05, 4.69) is 6.58 Å². The predicted octanol–water partition coefficient (Wildman–Crippen LogP) is 2.16. The van der Waals surface area contributed by atoms with Gasteiger partial charge in [0.15, 0.2) is 0 Å². The molecule has 0 amide bonds. The molecule has 1 aromatic carbocycles. The second kappa shape index (κ2) is 2.91. The summed E-state index contributed by atoms with van der Waals surface area (Å²) in [5.74, 6) is -0.732.